The van der Waals surface area contributed by atoms with Crippen molar-refractivity contribution in [3.05, 3.63) is 0 Å². The highest BCUT2D eigenvalue weighted by atomic mass is 16.6. The van der Waals surface area contributed by atoms with Gasteiger partial charge in [-0.15, -0.1) is 0 Å². The van der Waals surface area contributed by atoms with E-state index >= 15 is 0 Å². The average Bonchev–Trinajstić information content (AvgIpc) is 2.43. The summed E-state index contributed by atoms with van der Waals surface area (Å²) >= 11 is 0. The summed E-state index contributed by atoms with van der Waals surface area (Å²) in [6.07, 6.45) is 1.45. The van der Waals surface area contributed by atoms with Gasteiger partial charge in [0.1, 0.15) is 11.6 Å². The van der Waals surface area contributed by atoms with E-state index in [1.165, 1.54) is 6.92 Å². The number of amides is 3. The molecule has 0 aromatic heterocycles. The van der Waals surface area contributed by atoms with Crippen molar-refractivity contribution in [2.24, 2.45) is 0 Å². The van der Waals surface area contributed by atoms with Crippen LogP contribution >= 0.6 is 0 Å². The largest absolute Gasteiger partial charge is 0.444 e. The second-order valence-corrected chi connectivity index (χ2v) is 6.57. The number of hydrogen-bond donors (Lipinski definition) is 4. The van der Waals surface area contributed by atoms with Gasteiger partial charge in [0.15, 0.2) is 0 Å². The van der Waals surface area contributed by atoms with Crippen LogP contribution in [0, 0.1) is 0 Å². The van der Waals surface area contributed by atoms with Crippen molar-refractivity contribution < 1.29 is 19.1 Å². The Hall–Kier alpha value is -1.83. The maximum atomic E-state index is 12.0. The zero-order chi connectivity index (χ0) is 18.6. The summed E-state index contributed by atoms with van der Waals surface area (Å²) in [5, 5.41) is 11.0. The van der Waals surface area contributed by atoms with E-state index in [4.69, 9.17) is 4.74 Å². The predicted molar refractivity (Wildman–Crippen MR) is 92.6 cm³/mol. The highest BCUT2D eigenvalue weighted by Gasteiger charge is 2.19. The van der Waals surface area contributed by atoms with Crippen LogP contribution < -0.4 is 21.3 Å². The molecule has 0 unspecified atom stereocenters. The summed E-state index contributed by atoms with van der Waals surface area (Å²) in [6, 6.07) is -0.555. The molecule has 0 aliphatic carbocycles. The third-order valence-corrected chi connectivity index (χ3v) is 2.96. The number of unbranched alkanes of at least 4 members (excludes halogenated alkanes) is 1. The van der Waals surface area contributed by atoms with Crippen LogP contribution in [-0.4, -0.2) is 56.2 Å². The summed E-state index contributed by atoms with van der Waals surface area (Å²) in [4.78, 5) is 34.8. The molecule has 0 aromatic rings. The van der Waals surface area contributed by atoms with E-state index in [0.717, 1.165) is 0 Å². The molecule has 3 amide bonds. The minimum Gasteiger partial charge on any atom is -0.444 e. The fourth-order valence-electron chi connectivity index (χ4n) is 1.93. The monoisotopic (exact) mass is 344 g/mol. The molecular weight excluding hydrogens is 312 g/mol. The molecular formula is C16H32N4O4. The number of carbonyl (C=O) groups excluding carboxylic acids is 3. The average molecular weight is 344 g/mol. The van der Waals surface area contributed by atoms with Gasteiger partial charge in [-0.2, -0.15) is 0 Å². The number of rotatable bonds is 10. The predicted octanol–water partition coefficient (Wildman–Crippen LogP) is 0.522. The normalized spacial score (nSPS) is 12.2. The molecule has 24 heavy (non-hydrogen) atoms. The number of ether oxygens (including phenoxy) is 1. The Labute approximate surface area is 144 Å². The minimum atomic E-state index is -0.555. The van der Waals surface area contributed by atoms with Gasteiger partial charge >= 0.3 is 6.09 Å². The molecule has 0 fully saturated rings. The molecule has 4 N–H and O–H groups in total. The van der Waals surface area contributed by atoms with Crippen LogP contribution in [0.2, 0.25) is 0 Å². The SMILES string of the molecule is CNCCNC(=O)[C@H](CCCCNC(=O)OC(C)(C)C)NC(C)=O. The van der Waals surface area contributed by atoms with Crippen molar-refractivity contribution in [2.45, 2.75) is 58.6 Å². The van der Waals surface area contributed by atoms with E-state index in [1.807, 2.05) is 0 Å². The van der Waals surface area contributed by atoms with Crippen molar-refractivity contribution in [3.63, 3.8) is 0 Å². The van der Waals surface area contributed by atoms with Crippen LogP contribution in [-0.2, 0) is 14.3 Å². The summed E-state index contributed by atoms with van der Waals surface area (Å²) in [5.41, 5.74) is -0.522. The van der Waals surface area contributed by atoms with Crippen molar-refractivity contribution in [1.82, 2.24) is 21.3 Å². The van der Waals surface area contributed by atoms with Gasteiger partial charge in [0.25, 0.3) is 0 Å². The molecule has 8 heteroatoms. The van der Waals surface area contributed by atoms with Crippen molar-refractivity contribution >= 4 is 17.9 Å². The minimum absolute atomic E-state index is 0.194. The zero-order valence-corrected chi connectivity index (χ0v) is 15.5. The van der Waals surface area contributed by atoms with E-state index < -0.39 is 17.7 Å². The van der Waals surface area contributed by atoms with Gasteiger partial charge < -0.3 is 26.0 Å². The lowest BCUT2D eigenvalue weighted by Crippen LogP contribution is -2.47. The molecule has 0 saturated heterocycles. The summed E-state index contributed by atoms with van der Waals surface area (Å²) in [7, 11) is 1.80. The highest BCUT2D eigenvalue weighted by Crippen LogP contribution is 2.06. The van der Waals surface area contributed by atoms with Gasteiger partial charge in [-0.3, -0.25) is 9.59 Å². The molecule has 0 saturated carbocycles. The number of hydrogen-bond acceptors (Lipinski definition) is 5. The second-order valence-electron chi connectivity index (χ2n) is 6.57. The van der Waals surface area contributed by atoms with E-state index in [0.29, 0.717) is 38.9 Å². The molecule has 0 aliphatic rings. The van der Waals surface area contributed by atoms with Crippen LogP contribution in [0.25, 0.3) is 0 Å². The van der Waals surface area contributed by atoms with E-state index in [2.05, 4.69) is 21.3 Å². The number of likely N-dealkylation sites (N-methyl/N-ethyl adjacent to an activating group) is 1. The first-order chi connectivity index (χ1) is 11.2. The van der Waals surface area contributed by atoms with Gasteiger partial charge in [0, 0.05) is 26.6 Å². The molecule has 0 aromatic carbocycles. The quantitative estimate of drug-likeness (QED) is 0.432. The van der Waals surface area contributed by atoms with Gasteiger partial charge in [-0.1, -0.05) is 0 Å². The summed E-state index contributed by atoms with van der Waals surface area (Å²) in [5.74, 6) is -0.434. The maximum Gasteiger partial charge on any atom is 0.407 e. The fourth-order valence-corrected chi connectivity index (χ4v) is 1.93. The van der Waals surface area contributed by atoms with E-state index in [1.54, 1.807) is 27.8 Å². The van der Waals surface area contributed by atoms with E-state index in [-0.39, 0.29) is 11.8 Å². The Morgan fingerprint density at radius 1 is 1.00 bits per heavy atom. The number of carbonyl (C=O) groups is 3. The van der Waals surface area contributed by atoms with Crippen LogP contribution in [0.1, 0.15) is 47.0 Å². The lowest BCUT2D eigenvalue weighted by atomic mass is 10.1. The maximum absolute atomic E-state index is 12.0. The van der Waals surface area contributed by atoms with Gasteiger partial charge in [-0.05, 0) is 47.1 Å². The molecule has 0 aliphatic heterocycles. The third kappa shape index (κ3) is 12.7. The molecule has 0 rings (SSSR count). The van der Waals surface area contributed by atoms with Crippen LogP contribution in [0.4, 0.5) is 4.79 Å². The molecule has 0 bridgehead atoms. The number of nitrogens with one attached hydrogen (secondary N) is 4. The van der Waals surface area contributed by atoms with Crippen LogP contribution in [0.3, 0.4) is 0 Å². The smallest absolute Gasteiger partial charge is 0.407 e. The van der Waals surface area contributed by atoms with Gasteiger partial charge in [0.2, 0.25) is 11.8 Å². The molecule has 0 heterocycles. The van der Waals surface area contributed by atoms with E-state index in [9.17, 15) is 14.4 Å². The summed E-state index contributed by atoms with van der Waals surface area (Å²) in [6.45, 7) is 8.43. The molecule has 0 radical (unpaired) electrons. The Kier molecular flexibility index (Phi) is 10.8. The Morgan fingerprint density at radius 2 is 1.67 bits per heavy atom. The van der Waals surface area contributed by atoms with Crippen molar-refractivity contribution in [2.75, 3.05) is 26.7 Å². The first-order valence-corrected chi connectivity index (χ1v) is 8.32. The first kappa shape index (κ1) is 22.2. The third-order valence-electron chi connectivity index (χ3n) is 2.96. The van der Waals surface area contributed by atoms with Crippen molar-refractivity contribution in [3.8, 4) is 0 Å². The Morgan fingerprint density at radius 3 is 2.21 bits per heavy atom. The second kappa shape index (κ2) is 11.7. The molecule has 140 valence electrons. The van der Waals surface area contributed by atoms with Crippen LogP contribution in [0.5, 0.6) is 0 Å². The summed E-state index contributed by atoms with van der Waals surface area (Å²) < 4.78 is 5.13. The molecule has 1 atom stereocenters. The van der Waals surface area contributed by atoms with Crippen molar-refractivity contribution in [1.29, 1.82) is 0 Å². The van der Waals surface area contributed by atoms with Gasteiger partial charge in [0.05, 0.1) is 0 Å². The molecule has 0 spiro atoms. The molecule has 8 nitrogen and oxygen atoms in total. The number of alkyl carbamates (subject to hydrolysis) is 1. The first-order valence-electron chi connectivity index (χ1n) is 8.32. The Balaban J connectivity index is 4.08. The lowest BCUT2D eigenvalue weighted by molar-refractivity contribution is -0.128. The van der Waals surface area contributed by atoms with Gasteiger partial charge in [-0.25, -0.2) is 4.79 Å². The lowest BCUT2D eigenvalue weighted by Gasteiger charge is -2.20. The zero-order valence-electron chi connectivity index (χ0n) is 15.5. The Bertz CT molecular complexity index is 407. The fraction of sp³-hybridized carbons (Fsp3) is 0.812. The standard InChI is InChI=1S/C16H32N4O4/c1-12(21)20-13(14(22)18-11-10-17-5)8-6-7-9-19-15(23)24-16(2,3)4/h13,17H,6-11H2,1-5H3,(H,18,22)(H,19,23)(H,20,21)/t13-/m0/s1. The topological polar surface area (TPSA) is 109 Å². The highest BCUT2D eigenvalue weighted by molar-refractivity contribution is 5.86. The van der Waals surface area contributed by atoms with Crippen LogP contribution in [0.15, 0.2) is 0 Å².